The van der Waals surface area contributed by atoms with Crippen LogP contribution in [0.4, 0.5) is 0 Å². The number of carboxylic acids is 1. The zero-order chi connectivity index (χ0) is 21.4. The number of nitrogens with zero attached hydrogens (tertiary/aromatic N) is 1. The Kier molecular flexibility index (Phi) is 13.3. The molecule has 1 aromatic carbocycles. The van der Waals surface area contributed by atoms with Crippen LogP contribution in [0.3, 0.4) is 0 Å². The summed E-state index contributed by atoms with van der Waals surface area (Å²) < 4.78 is 0.330. The first-order valence-corrected chi connectivity index (χ1v) is 11.5. The van der Waals surface area contributed by atoms with Crippen LogP contribution in [-0.2, 0) is 4.79 Å². The third-order valence-corrected chi connectivity index (χ3v) is 5.91. The maximum Gasteiger partial charge on any atom is 0.359 e. The van der Waals surface area contributed by atoms with E-state index in [1.807, 2.05) is 36.4 Å². The largest absolute Gasteiger partial charge is 0.477 e. The molecule has 0 saturated carbocycles. The average molecular weight is 405 g/mol. The van der Waals surface area contributed by atoms with Crippen LogP contribution in [0.2, 0.25) is 0 Å². The van der Waals surface area contributed by atoms with Gasteiger partial charge < -0.3 is 14.7 Å². The van der Waals surface area contributed by atoms with Gasteiger partial charge in [-0.3, -0.25) is 0 Å². The molecule has 0 radical (unpaired) electrons. The van der Waals surface area contributed by atoms with E-state index in [0.29, 0.717) is 11.0 Å². The maximum absolute atomic E-state index is 11.7. The molecule has 2 atom stereocenters. The molecule has 0 fully saturated rings. The Morgan fingerprint density at radius 3 is 2.00 bits per heavy atom. The van der Waals surface area contributed by atoms with Crippen LogP contribution in [0.25, 0.3) is 0 Å². The van der Waals surface area contributed by atoms with E-state index < -0.39 is 5.97 Å². The second-order valence-electron chi connectivity index (χ2n) is 8.21. The van der Waals surface area contributed by atoms with Crippen LogP contribution in [-0.4, -0.2) is 46.9 Å². The normalized spacial score (nSPS) is 14.3. The molecule has 4 heteroatoms. The van der Waals surface area contributed by atoms with Crippen molar-refractivity contribution in [3.05, 3.63) is 48.6 Å². The predicted octanol–water partition coefficient (Wildman–Crippen LogP) is 5.73. The summed E-state index contributed by atoms with van der Waals surface area (Å²) in [5.41, 5.74) is 1.06. The first-order valence-electron chi connectivity index (χ1n) is 11.5. The van der Waals surface area contributed by atoms with E-state index in [1.54, 1.807) is 0 Å². The van der Waals surface area contributed by atoms with Gasteiger partial charge in [-0.1, -0.05) is 95.2 Å². The van der Waals surface area contributed by atoms with Gasteiger partial charge in [0, 0.05) is 5.56 Å². The number of hydrogen-bond acceptors (Lipinski definition) is 2. The zero-order valence-corrected chi connectivity index (χ0v) is 18.4. The van der Waals surface area contributed by atoms with Crippen LogP contribution < -0.4 is 0 Å². The van der Waals surface area contributed by atoms with Gasteiger partial charge >= 0.3 is 5.97 Å². The molecule has 0 aliphatic rings. The summed E-state index contributed by atoms with van der Waals surface area (Å²) in [6, 6.07) is 9.83. The number of aliphatic carboxylic acids is 1. The fourth-order valence-corrected chi connectivity index (χ4v) is 4.36. The number of aliphatic hydroxyl groups is 1. The van der Waals surface area contributed by atoms with Gasteiger partial charge in [-0.25, -0.2) is 4.79 Å². The number of unbranched alkanes of at least 4 members (excludes halogenated alkanes) is 9. The predicted molar refractivity (Wildman–Crippen MR) is 121 cm³/mol. The highest BCUT2D eigenvalue weighted by atomic mass is 16.4. The number of benzene rings is 1. The van der Waals surface area contributed by atoms with Crippen LogP contribution in [0, 0.1) is 0 Å². The molecule has 0 aliphatic carbocycles. The number of carboxylic acid groups (broad SMARTS) is 1. The van der Waals surface area contributed by atoms with Crippen molar-refractivity contribution in [2.45, 2.75) is 77.2 Å². The second-order valence-corrected chi connectivity index (χ2v) is 8.21. The first-order chi connectivity index (χ1) is 14.1. The van der Waals surface area contributed by atoms with Crippen LogP contribution in [0.5, 0.6) is 0 Å². The smallest absolute Gasteiger partial charge is 0.359 e. The van der Waals surface area contributed by atoms with E-state index in [9.17, 15) is 15.0 Å². The molecule has 0 aromatic heterocycles. The molecule has 0 aliphatic heterocycles. The van der Waals surface area contributed by atoms with Crippen molar-refractivity contribution in [3.8, 4) is 0 Å². The minimum absolute atomic E-state index is 0.00354. The van der Waals surface area contributed by atoms with Gasteiger partial charge in [0.25, 0.3) is 0 Å². The zero-order valence-electron chi connectivity index (χ0n) is 18.4. The monoisotopic (exact) mass is 404 g/mol. The average Bonchev–Trinajstić information content (AvgIpc) is 2.70. The minimum atomic E-state index is -0.826. The summed E-state index contributed by atoms with van der Waals surface area (Å²) in [5, 5.41) is 19.3. The highest BCUT2D eigenvalue weighted by Crippen LogP contribution is 2.31. The van der Waals surface area contributed by atoms with Gasteiger partial charge in [0.15, 0.2) is 6.54 Å². The minimum Gasteiger partial charge on any atom is -0.477 e. The Hall–Kier alpha value is -1.65. The number of carbonyl (C=O) groups is 1. The number of hydrogen-bond donors (Lipinski definition) is 2. The van der Waals surface area contributed by atoms with Gasteiger partial charge in [-0.2, -0.15) is 0 Å². The Morgan fingerprint density at radius 1 is 0.966 bits per heavy atom. The first kappa shape index (κ1) is 25.4. The summed E-state index contributed by atoms with van der Waals surface area (Å²) in [7, 11) is 0. The van der Waals surface area contributed by atoms with Crippen molar-refractivity contribution in [3.63, 3.8) is 0 Å². The van der Waals surface area contributed by atoms with E-state index in [1.165, 1.54) is 51.4 Å². The highest BCUT2D eigenvalue weighted by Gasteiger charge is 2.37. The van der Waals surface area contributed by atoms with Crippen LogP contribution in [0.1, 0.15) is 82.7 Å². The Balaban J connectivity index is 2.63. The highest BCUT2D eigenvalue weighted by molar-refractivity contribution is 5.68. The Morgan fingerprint density at radius 2 is 1.52 bits per heavy atom. The van der Waals surface area contributed by atoms with Crippen molar-refractivity contribution in [1.82, 2.24) is 0 Å². The molecule has 0 bridgehead atoms. The maximum atomic E-state index is 11.7. The summed E-state index contributed by atoms with van der Waals surface area (Å²) >= 11 is 0. The van der Waals surface area contributed by atoms with Gasteiger partial charge in [0.05, 0.1) is 13.2 Å². The molecule has 1 aromatic rings. The molecule has 164 valence electrons. The lowest BCUT2D eigenvalue weighted by molar-refractivity contribution is -0.944. The lowest BCUT2D eigenvalue weighted by Crippen LogP contribution is -2.55. The number of quaternary nitrogens is 1. The van der Waals surface area contributed by atoms with Gasteiger partial charge in [0.2, 0.25) is 0 Å². The molecule has 0 heterocycles. The number of rotatable bonds is 18. The van der Waals surface area contributed by atoms with Crippen LogP contribution >= 0.6 is 0 Å². The second kappa shape index (κ2) is 15.2. The third-order valence-electron chi connectivity index (χ3n) is 5.91. The summed E-state index contributed by atoms with van der Waals surface area (Å²) in [4.78, 5) is 11.7. The molecular formula is C25H42NO3+. The molecule has 2 unspecified atom stereocenters. The fourth-order valence-electron chi connectivity index (χ4n) is 4.36. The van der Waals surface area contributed by atoms with E-state index >= 15 is 0 Å². The summed E-state index contributed by atoms with van der Waals surface area (Å²) in [6.07, 6.45) is 14.4. The molecule has 4 nitrogen and oxygen atoms in total. The van der Waals surface area contributed by atoms with Gasteiger partial charge in [-0.15, -0.1) is 0 Å². The molecular weight excluding hydrogens is 362 g/mol. The van der Waals surface area contributed by atoms with E-state index in [2.05, 4.69) is 13.5 Å². The van der Waals surface area contributed by atoms with Gasteiger partial charge in [-0.05, 0) is 18.9 Å². The van der Waals surface area contributed by atoms with Crippen LogP contribution in [0.15, 0.2) is 43.0 Å². The quantitative estimate of drug-likeness (QED) is 0.187. The Labute approximate surface area is 177 Å². The molecule has 1 rings (SSSR count). The van der Waals surface area contributed by atoms with E-state index in [0.717, 1.165) is 24.9 Å². The topological polar surface area (TPSA) is 57.5 Å². The van der Waals surface area contributed by atoms with Gasteiger partial charge in [0.1, 0.15) is 12.6 Å². The molecule has 0 amide bonds. The Bertz CT molecular complexity index is 560. The van der Waals surface area contributed by atoms with Crippen molar-refractivity contribution in [2.24, 2.45) is 0 Å². The molecule has 0 spiro atoms. The molecule has 2 N–H and O–H groups in total. The van der Waals surface area contributed by atoms with Crippen molar-refractivity contribution >= 4 is 5.97 Å². The van der Waals surface area contributed by atoms with Crippen molar-refractivity contribution in [2.75, 3.05) is 26.2 Å². The van der Waals surface area contributed by atoms with E-state index in [4.69, 9.17) is 0 Å². The standard InChI is InChI=1S/C25H41NO3/c1-3-5-6-7-8-9-10-11-12-16-19-26(20-21-27,22-25(28)29)24(4-2)23-17-14-13-15-18-23/h4,13-15,17-18,24,27H,2-3,5-12,16,19-22H2,1H3/p+1. The fraction of sp³-hybridized carbons (Fsp3) is 0.640. The summed E-state index contributed by atoms with van der Waals surface area (Å²) in [5.74, 6) is -0.826. The molecule has 0 saturated heterocycles. The molecule has 29 heavy (non-hydrogen) atoms. The lowest BCUT2D eigenvalue weighted by atomic mass is 10.00. The number of aliphatic hydroxyl groups excluding tert-OH is 1. The third kappa shape index (κ3) is 9.60. The van der Waals surface area contributed by atoms with Crippen molar-refractivity contribution in [1.29, 1.82) is 0 Å². The summed E-state index contributed by atoms with van der Waals surface area (Å²) in [6.45, 7) is 7.40. The lowest BCUT2D eigenvalue weighted by Gasteiger charge is -2.42. The van der Waals surface area contributed by atoms with E-state index in [-0.39, 0.29) is 19.2 Å². The van der Waals surface area contributed by atoms with Crippen molar-refractivity contribution < 1.29 is 19.5 Å². The SMILES string of the molecule is C=CC(c1ccccc1)[N+](CCO)(CCCCCCCCCCCC)CC(=O)O.